The monoisotopic (exact) mass is 957 g/mol. The van der Waals surface area contributed by atoms with Crippen molar-refractivity contribution in [2.45, 2.75) is 79.5 Å². The normalized spacial score (nSPS) is 13.1. The van der Waals surface area contributed by atoms with Crippen LogP contribution in [0.5, 0.6) is 5.75 Å². The molecule has 0 aliphatic rings. The minimum atomic E-state index is -2.54. The number of para-hydroxylation sites is 2. The standard InChI is InChI=1S/C54H52N3O.Pt/c1-33(2)43-15-12-16-44(34(3)4)51(43)39-24-25-48(36(6)28-39)57-49-18-13-17-45(52(49)56-53(57)46-14-10-11-19-50(46)58)40-29-41(31-42(30-40)54(7,8)9)47-32-38(26-27-55-47)37-22-20-35(5)21-23-37;/h10-28,30-34,58H,1-9H3;/q-1;/i6D3,33D;. The van der Waals surface area contributed by atoms with Crippen molar-refractivity contribution in [1.82, 2.24) is 14.5 Å². The molecule has 0 saturated carbocycles. The van der Waals surface area contributed by atoms with Crippen molar-refractivity contribution in [3.05, 3.63) is 167 Å². The Morgan fingerprint density at radius 2 is 1.42 bits per heavy atom. The van der Waals surface area contributed by atoms with Crippen LogP contribution in [-0.4, -0.2) is 19.6 Å². The van der Waals surface area contributed by atoms with E-state index in [1.807, 2.05) is 79.2 Å². The number of pyridine rings is 1. The number of nitrogens with zero attached hydrogens (tertiary/aromatic N) is 3. The van der Waals surface area contributed by atoms with Crippen molar-refractivity contribution in [1.29, 1.82) is 0 Å². The van der Waals surface area contributed by atoms with E-state index in [9.17, 15) is 5.11 Å². The third-order valence-electron chi connectivity index (χ3n) is 11.1. The van der Waals surface area contributed by atoms with Crippen molar-refractivity contribution >= 4 is 11.0 Å². The SMILES string of the molecule is [2H]C([2H])([2H])c1cc(-c2c(C(C)C)cccc2C([2H])(C)C)ccc1-n1c(-c2ccccc2O)nc2c(-c3[c-]c(-c4cc(-c5ccc(C)cc5)ccn4)cc(C(C)(C)C)c3)cccc21.[Pt]. The molecule has 8 aromatic rings. The van der Waals surface area contributed by atoms with Crippen LogP contribution < -0.4 is 0 Å². The van der Waals surface area contributed by atoms with E-state index in [1.165, 1.54) is 5.56 Å². The zero-order valence-corrected chi connectivity index (χ0v) is 37.2. The van der Waals surface area contributed by atoms with Gasteiger partial charge in [-0.2, -0.15) is 0 Å². The number of benzene rings is 6. The van der Waals surface area contributed by atoms with E-state index in [1.54, 1.807) is 24.3 Å². The summed E-state index contributed by atoms with van der Waals surface area (Å²) in [6, 6.07) is 45.1. The van der Waals surface area contributed by atoms with Crippen LogP contribution >= 0.6 is 0 Å². The molecule has 0 atom stereocenters. The average Bonchev–Trinajstić information content (AvgIpc) is 3.62. The first kappa shape index (κ1) is 36.5. The van der Waals surface area contributed by atoms with Gasteiger partial charge in [-0.15, -0.1) is 29.3 Å². The number of phenols is 1. The number of phenolic OH excluding ortho intramolecular Hbond substituents is 1. The van der Waals surface area contributed by atoms with E-state index >= 15 is 0 Å². The summed E-state index contributed by atoms with van der Waals surface area (Å²) in [5.41, 5.74) is 13.3. The van der Waals surface area contributed by atoms with Gasteiger partial charge in [0.25, 0.3) is 0 Å². The summed E-state index contributed by atoms with van der Waals surface area (Å²) in [4.78, 5) is 10.1. The summed E-state index contributed by atoms with van der Waals surface area (Å²) < 4.78 is 37.8. The van der Waals surface area contributed by atoms with E-state index in [0.29, 0.717) is 28.1 Å². The predicted molar refractivity (Wildman–Crippen MR) is 243 cm³/mol. The summed E-state index contributed by atoms with van der Waals surface area (Å²) in [7, 11) is 0. The minimum absolute atomic E-state index is 0. The molecule has 0 amide bonds. The first-order valence-corrected chi connectivity index (χ1v) is 20.0. The van der Waals surface area contributed by atoms with Gasteiger partial charge in [0, 0.05) is 38.4 Å². The van der Waals surface area contributed by atoms with Gasteiger partial charge in [0.1, 0.15) is 11.6 Å². The third-order valence-corrected chi connectivity index (χ3v) is 11.1. The molecule has 0 saturated heterocycles. The predicted octanol–water partition coefficient (Wildman–Crippen LogP) is 14.4. The van der Waals surface area contributed by atoms with E-state index in [2.05, 4.69) is 96.1 Å². The van der Waals surface area contributed by atoms with Gasteiger partial charge in [0.15, 0.2) is 0 Å². The molecule has 0 fully saturated rings. The largest absolute Gasteiger partial charge is 0.507 e. The fourth-order valence-corrected chi connectivity index (χ4v) is 7.87. The molecule has 2 heterocycles. The molecule has 5 heteroatoms. The van der Waals surface area contributed by atoms with Crippen molar-refractivity contribution in [3.8, 4) is 67.5 Å². The third kappa shape index (κ3) is 8.08. The van der Waals surface area contributed by atoms with Gasteiger partial charge in [-0.3, -0.25) is 9.55 Å². The van der Waals surface area contributed by atoms with Gasteiger partial charge in [-0.05, 0) is 106 Å². The first-order valence-electron chi connectivity index (χ1n) is 22.0. The van der Waals surface area contributed by atoms with Crippen LogP contribution in [0.1, 0.15) is 93.6 Å². The second kappa shape index (κ2) is 16.6. The number of aromatic hydroxyl groups is 1. The maximum Gasteiger partial charge on any atom is 0.148 e. The Kier molecular flexibility index (Phi) is 10.3. The Balaban J connectivity index is 0.00000595. The van der Waals surface area contributed by atoms with E-state index in [0.717, 1.165) is 61.3 Å². The second-order valence-electron chi connectivity index (χ2n) is 16.9. The van der Waals surface area contributed by atoms with Crippen LogP contribution in [0, 0.1) is 19.8 Å². The Morgan fingerprint density at radius 1 is 0.729 bits per heavy atom. The number of imidazole rings is 1. The van der Waals surface area contributed by atoms with Crippen molar-refractivity contribution in [2.75, 3.05) is 0 Å². The fourth-order valence-electron chi connectivity index (χ4n) is 7.87. The zero-order chi connectivity index (χ0) is 44.3. The maximum atomic E-state index is 11.4. The average molecular weight is 958 g/mol. The molecule has 1 N–H and O–H groups in total. The number of fused-ring (bicyclic) bond motifs is 1. The van der Waals surface area contributed by atoms with Crippen LogP contribution in [0.25, 0.3) is 72.7 Å². The van der Waals surface area contributed by atoms with Gasteiger partial charge >= 0.3 is 0 Å². The van der Waals surface area contributed by atoms with Crippen molar-refractivity contribution in [3.63, 3.8) is 0 Å². The van der Waals surface area contributed by atoms with Crippen LogP contribution in [0.2, 0.25) is 0 Å². The molecule has 0 aliphatic carbocycles. The van der Waals surface area contributed by atoms with Crippen molar-refractivity contribution < 1.29 is 31.7 Å². The molecule has 0 bridgehead atoms. The summed E-state index contributed by atoms with van der Waals surface area (Å²) in [6.07, 6.45) is 1.84. The van der Waals surface area contributed by atoms with E-state index in [-0.39, 0.29) is 43.7 Å². The van der Waals surface area contributed by atoms with Gasteiger partial charge in [-0.25, -0.2) is 4.98 Å². The second-order valence-corrected chi connectivity index (χ2v) is 16.9. The number of aryl methyl sites for hydroxylation is 2. The Morgan fingerprint density at radius 3 is 2.14 bits per heavy atom. The molecule has 300 valence electrons. The Hall–Kier alpha value is -5.57. The smallest absolute Gasteiger partial charge is 0.148 e. The molecular formula is C54H52N3OPt-. The van der Waals surface area contributed by atoms with Gasteiger partial charge < -0.3 is 5.11 Å². The van der Waals surface area contributed by atoms with Crippen LogP contribution in [0.3, 0.4) is 0 Å². The Labute approximate surface area is 369 Å². The van der Waals surface area contributed by atoms with Gasteiger partial charge in [0.05, 0.1) is 22.3 Å². The Bertz CT molecular complexity index is 2970. The summed E-state index contributed by atoms with van der Waals surface area (Å²) >= 11 is 0. The quantitative estimate of drug-likeness (QED) is 0.154. The fraction of sp³-hybridized carbons (Fsp3) is 0.222. The number of aromatic nitrogens is 3. The topological polar surface area (TPSA) is 50.9 Å². The summed E-state index contributed by atoms with van der Waals surface area (Å²) in [5.74, 6) is -0.378. The van der Waals surface area contributed by atoms with Crippen LogP contribution in [0.15, 0.2) is 134 Å². The van der Waals surface area contributed by atoms with Gasteiger partial charge in [0.2, 0.25) is 0 Å². The maximum absolute atomic E-state index is 11.4. The van der Waals surface area contributed by atoms with Crippen LogP contribution in [0.4, 0.5) is 0 Å². The molecule has 8 rings (SSSR count). The van der Waals surface area contributed by atoms with Crippen molar-refractivity contribution in [2.24, 2.45) is 0 Å². The number of hydrogen-bond donors (Lipinski definition) is 1. The number of rotatable bonds is 8. The molecule has 59 heavy (non-hydrogen) atoms. The zero-order valence-electron chi connectivity index (χ0n) is 38.9. The molecule has 4 nitrogen and oxygen atoms in total. The molecule has 6 aromatic carbocycles. The number of hydrogen-bond acceptors (Lipinski definition) is 3. The van der Waals surface area contributed by atoms with E-state index < -0.39 is 12.7 Å². The van der Waals surface area contributed by atoms with E-state index in [4.69, 9.17) is 15.5 Å². The molecule has 0 radical (unpaired) electrons. The minimum Gasteiger partial charge on any atom is -0.507 e. The first-order chi connectivity index (χ1) is 29.3. The molecular weight excluding hydrogens is 902 g/mol. The van der Waals surface area contributed by atoms with Gasteiger partial charge in [-0.1, -0.05) is 144 Å². The summed E-state index contributed by atoms with van der Waals surface area (Å²) in [6.45, 7) is 14.0. The molecule has 0 spiro atoms. The molecule has 0 unspecified atom stereocenters. The summed E-state index contributed by atoms with van der Waals surface area (Å²) in [5, 5.41) is 11.4. The molecule has 0 aliphatic heterocycles. The van der Waals surface area contributed by atoms with Crippen LogP contribution in [-0.2, 0) is 26.5 Å². The molecule has 2 aromatic heterocycles.